The van der Waals surface area contributed by atoms with Gasteiger partial charge in [-0.15, -0.1) is 0 Å². The van der Waals surface area contributed by atoms with Crippen LogP contribution in [-0.4, -0.2) is 41.4 Å². The molecule has 0 spiro atoms. The summed E-state index contributed by atoms with van der Waals surface area (Å²) >= 11 is 0. The molecular formula is C20H20N2O4. The van der Waals surface area contributed by atoms with E-state index in [0.29, 0.717) is 13.0 Å². The summed E-state index contributed by atoms with van der Waals surface area (Å²) in [5.74, 6) is -0.941. The predicted molar refractivity (Wildman–Crippen MR) is 95.6 cm³/mol. The summed E-state index contributed by atoms with van der Waals surface area (Å²) in [4.78, 5) is 23.4. The van der Waals surface area contributed by atoms with E-state index in [9.17, 15) is 14.7 Å². The topological polar surface area (TPSA) is 78.9 Å². The van der Waals surface area contributed by atoms with Crippen molar-refractivity contribution in [2.45, 2.75) is 24.8 Å². The molecule has 26 heavy (non-hydrogen) atoms. The number of carbonyl (C=O) groups is 2. The van der Waals surface area contributed by atoms with Gasteiger partial charge in [0.05, 0.1) is 0 Å². The summed E-state index contributed by atoms with van der Waals surface area (Å²) in [5, 5.41) is 10.6. The van der Waals surface area contributed by atoms with Crippen LogP contribution in [-0.2, 0) is 9.53 Å². The lowest BCUT2D eigenvalue weighted by Crippen LogP contribution is -2.48. The van der Waals surface area contributed by atoms with E-state index in [0.717, 1.165) is 17.5 Å². The number of fused-ring (bicyclic) bond motifs is 3. The number of rotatable bonds is 4. The van der Waals surface area contributed by atoms with E-state index in [4.69, 9.17) is 4.74 Å². The monoisotopic (exact) mass is 352 g/mol. The van der Waals surface area contributed by atoms with Crippen LogP contribution in [0.3, 0.4) is 0 Å². The van der Waals surface area contributed by atoms with Crippen LogP contribution in [0.2, 0.25) is 0 Å². The van der Waals surface area contributed by atoms with Crippen LogP contribution in [0.4, 0.5) is 4.79 Å². The van der Waals surface area contributed by atoms with Crippen LogP contribution in [0.1, 0.15) is 29.9 Å². The molecule has 1 atom stereocenters. The highest BCUT2D eigenvalue weighted by molar-refractivity contribution is 5.79. The molecule has 1 heterocycles. The average Bonchev–Trinajstić information content (AvgIpc) is 3.23. The van der Waals surface area contributed by atoms with Gasteiger partial charge in [-0.25, -0.2) is 9.80 Å². The molecule has 1 saturated heterocycles. The highest BCUT2D eigenvalue weighted by Gasteiger charge is 2.33. The number of benzene rings is 2. The number of hydrazine groups is 1. The maximum absolute atomic E-state index is 12.2. The van der Waals surface area contributed by atoms with Gasteiger partial charge in [-0.2, -0.15) is 0 Å². The van der Waals surface area contributed by atoms with Gasteiger partial charge in [0.25, 0.3) is 0 Å². The molecule has 0 aromatic heterocycles. The molecule has 0 bridgehead atoms. The normalized spacial score (nSPS) is 19.0. The quantitative estimate of drug-likeness (QED) is 0.884. The van der Waals surface area contributed by atoms with Crippen molar-refractivity contribution in [1.82, 2.24) is 10.4 Å². The zero-order chi connectivity index (χ0) is 18.1. The number of carbonyl (C=O) groups excluding carboxylic acids is 1. The summed E-state index contributed by atoms with van der Waals surface area (Å²) in [5.41, 5.74) is 7.20. The van der Waals surface area contributed by atoms with Gasteiger partial charge in [-0.3, -0.25) is 10.2 Å². The fourth-order valence-corrected chi connectivity index (χ4v) is 3.91. The first-order chi connectivity index (χ1) is 12.6. The maximum atomic E-state index is 12.2. The molecule has 1 aliphatic heterocycles. The van der Waals surface area contributed by atoms with Crippen LogP contribution in [0, 0.1) is 0 Å². The first-order valence-electron chi connectivity index (χ1n) is 8.76. The van der Waals surface area contributed by atoms with E-state index in [1.165, 1.54) is 16.1 Å². The van der Waals surface area contributed by atoms with Crippen molar-refractivity contribution in [1.29, 1.82) is 0 Å². The zero-order valence-electron chi connectivity index (χ0n) is 14.2. The predicted octanol–water partition coefficient (Wildman–Crippen LogP) is 2.99. The Kier molecular flexibility index (Phi) is 4.34. The highest BCUT2D eigenvalue weighted by Crippen LogP contribution is 2.44. The Morgan fingerprint density at radius 1 is 1.08 bits per heavy atom. The van der Waals surface area contributed by atoms with Crippen LogP contribution < -0.4 is 5.43 Å². The number of nitrogens with zero attached hydrogens (tertiary/aromatic N) is 1. The van der Waals surface area contributed by atoms with E-state index in [1.54, 1.807) is 0 Å². The first-order valence-corrected chi connectivity index (χ1v) is 8.76. The zero-order valence-corrected chi connectivity index (χ0v) is 14.2. The van der Waals surface area contributed by atoms with Crippen molar-refractivity contribution in [3.8, 4) is 11.1 Å². The van der Waals surface area contributed by atoms with Gasteiger partial charge < -0.3 is 9.84 Å². The molecule has 2 aromatic carbocycles. The summed E-state index contributed by atoms with van der Waals surface area (Å²) in [6.45, 7) is 0.729. The minimum atomic E-state index is -0.929. The van der Waals surface area contributed by atoms with E-state index in [-0.39, 0.29) is 12.5 Å². The first kappa shape index (κ1) is 16.6. The molecule has 2 aromatic rings. The van der Waals surface area contributed by atoms with Gasteiger partial charge in [0.1, 0.15) is 12.6 Å². The second-order valence-electron chi connectivity index (χ2n) is 6.63. The fraction of sp³-hybridized carbons (Fsp3) is 0.300. The molecule has 0 radical (unpaired) electrons. The molecule has 2 N–H and O–H groups in total. The van der Waals surface area contributed by atoms with Gasteiger partial charge in [0, 0.05) is 12.5 Å². The Morgan fingerprint density at radius 2 is 1.69 bits per heavy atom. The van der Waals surface area contributed by atoms with E-state index in [1.807, 2.05) is 24.3 Å². The Hall–Kier alpha value is -2.86. The lowest BCUT2D eigenvalue weighted by Gasteiger charge is -2.22. The molecule has 0 saturated carbocycles. The van der Waals surface area contributed by atoms with Crippen molar-refractivity contribution in [3.63, 3.8) is 0 Å². The smallest absolute Gasteiger partial charge is 0.421 e. The van der Waals surface area contributed by atoms with Crippen molar-refractivity contribution in [3.05, 3.63) is 59.7 Å². The molecule has 4 rings (SSSR count). The molecule has 6 nitrogen and oxygen atoms in total. The van der Waals surface area contributed by atoms with Crippen LogP contribution in [0.25, 0.3) is 11.1 Å². The maximum Gasteiger partial charge on any atom is 0.421 e. The minimum absolute atomic E-state index is 0.0120. The summed E-state index contributed by atoms with van der Waals surface area (Å²) in [6.07, 6.45) is 0.652. The van der Waals surface area contributed by atoms with Gasteiger partial charge in [0.15, 0.2) is 0 Å². The van der Waals surface area contributed by atoms with Crippen molar-refractivity contribution >= 4 is 12.1 Å². The van der Waals surface area contributed by atoms with Gasteiger partial charge in [-0.1, -0.05) is 48.5 Å². The van der Waals surface area contributed by atoms with Crippen molar-refractivity contribution in [2.75, 3.05) is 13.2 Å². The summed E-state index contributed by atoms with van der Waals surface area (Å²) in [6, 6.07) is 15.6. The Labute approximate surface area is 151 Å². The number of aliphatic carboxylic acids is 1. The SMILES string of the molecule is O=C(NN1CCC[C@@H]1C(=O)O)OCC1c2ccccc2-c2ccccc21. The lowest BCUT2D eigenvalue weighted by atomic mass is 9.98. The number of hydrogen-bond donors (Lipinski definition) is 2. The van der Waals surface area contributed by atoms with E-state index < -0.39 is 18.1 Å². The largest absolute Gasteiger partial charge is 0.480 e. The Balaban J connectivity index is 1.45. The summed E-state index contributed by atoms with van der Waals surface area (Å²) in [7, 11) is 0. The molecule has 6 heteroatoms. The molecule has 134 valence electrons. The third kappa shape index (κ3) is 2.93. The number of hydrogen-bond acceptors (Lipinski definition) is 4. The Bertz CT molecular complexity index is 806. The second-order valence-corrected chi connectivity index (χ2v) is 6.63. The van der Waals surface area contributed by atoms with Crippen LogP contribution in [0.5, 0.6) is 0 Å². The lowest BCUT2D eigenvalue weighted by molar-refractivity contribution is -0.142. The molecule has 1 fully saturated rings. The van der Waals surface area contributed by atoms with Gasteiger partial charge in [-0.05, 0) is 35.1 Å². The summed E-state index contributed by atoms with van der Waals surface area (Å²) < 4.78 is 5.45. The van der Waals surface area contributed by atoms with Crippen molar-refractivity contribution in [2.24, 2.45) is 0 Å². The second kappa shape index (κ2) is 6.80. The highest BCUT2D eigenvalue weighted by atomic mass is 16.6. The standard InChI is InChI=1S/C20H20N2O4/c23-19(24)18-10-5-11-22(18)21-20(25)26-12-17-15-8-3-1-6-13(15)14-7-2-4-9-16(14)17/h1-4,6-9,17-18H,5,10-12H2,(H,21,25)(H,23,24)/t18-/m1/s1. The number of carboxylic acid groups (broad SMARTS) is 1. The average molecular weight is 352 g/mol. The van der Waals surface area contributed by atoms with Crippen LogP contribution in [0.15, 0.2) is 48.5 Å². The van der Waals surface area contributed by atoms with Gasteiger partial charge >= 0.3 is 12.1 Å². The molecule has 2 aliphatic rings. The third-order valence-corrected chi connectivity index (χ3v) is 5.12. The third-order valence-electron chi connectivity index (χ3n) is 5.12. The number of carboxylic acids is 1. The minimum Gasteiger partial charge on any atom is -0.480 e. The molecule has 1 amide bonds. The fourth-order valence-electron chi connectivity index (χ4n) is 3.91. The Morgan fingerprint density at radius 3 is 2.31 bits per heavy atom. The van der Waals surface area contributed by atoms with Gasteiger partial charge in [0.2, 0.25) is 0 Å². The molecule has 0 unspecified atom stereocenters. The van der Waals surface area contributed by atoms with E-state index in [2.05, 4.69) is 29.7 Å². The van der Waals surface area contributed by atoms with Crippen molar-refractivity contribution < 1.29 is 19.4 Å². The van der Waals surface area contributed by atoms with Crippen LogP contribution >= 0.6 is 0 Å². The number of ether oxygens (including phenoxy) is 1. The number of nitrogens with one attached hydrogen (secondary N) is 1. The van der Waals surface area contributed by atoms with E-state index >= 15 is 0 Å². The molecular weight excluding hydrogens is 332 g/mol. The molecule has 1 aliphatic carbocycles. The number of amides is 1.